The second-order valence-corrected chi connectivity index (χ2v) is 7.10. The van der Waals surface area contributed by atoms with Crippen molar-refractivity contribution in [2.75, 3.05) is 11.9 Å². The van der Waals surface area contributed by atoms with Gasteiger partial charge >= 0.3 is 6.18 Å². The molecule has 0 fully saturated rings. The number of pyridine rings is 1. The number of ether oxygens (including phenoxy) is 2. The predicted molar refractivity (Wildman–Crippen MR) is 107 cm³/mol. The summed E-state index contributed by atoms with van der Waals surface area (Å²) >= 11 is 0. The number of benzene rings is 1. The van der Waals surface area contributed by atoms with Crippen LogP contribution in [0.4, 0.5) is 23.2 Å². The van der Waals surface area contributed by atoms with E-state index in [4.69, 9.17) is 16.9 Å². The van der Waals surface area contributed by atoms with Crippen molar-refractivity contribution in [2.45, 2.75) is 31.2 Å². The fraction of sp³-hybridized carbons (Fsp3) is 0.286. The number of halogens is 4. The zero-order chi connectivity index (χ0) is 23.5. The number of hydrogen-bond donors (Lipinski definition) is 2. The van der Waals surface area contributed by atoms with Gasteiger partial charge in [-0.3, -0.25) is 4.79 Å². The van der Waals surface area contributed by atoms with Gasteiger partial charge in [0.1, 0.15) is 23.9 Å². The monoisotopic (exact) mass is 450 g/mol. The Morgan fingerprint density at radius 3 is 2.78 bits per heavy atom. The van der Waals surface area contributed by atoms with E-state index in [9.17, 15) is 22.4 Å². The van der Waals surface area contributed by atoms with Crippen LogP contribution in [0, 0.1) is 18.2 Å². The maximum atomic E-state index is 14.6. The Balaban J connectivity index is 1.83. The number of rotatable bonds is 5. The molecule has 2 aromatic rings. The molecule has 2 heterocycles. The third-order valence-corrected chi connectivity index (χ3v) is 4.66. The van der Waals surface area contributed by atoms with E-state index in [1.165, 1.54) is 37.4 Å². The van der Waals surface area contributed by atoms with Crippen LogP contribution in [0.3, 0.4) is 0 Å². The predicted octanol–water partition coefficient (Wildman–Crippen LogP) is 3.37. The molecule has 0 spiro atoms. The molecule has 168 valence electrons. The Morgan fingerprint density at radius 1 is 1.41 bits per heavy atom. The molecule has 3 rings (SSSR count). The molecular formula is C21H18F4N4O3. The van der Waals surface area contributed by atoms with Crippen molar-refractivity contribution < 1.29 is 31.8 Å². The first-order valence-electron chi connectivity index (χ1n) is 9.24. The average molecular weight is 450 g/mol. The zero-order valence-corrected chi connectivity index (χ0v) is 16.7. The van der Waals surface area contributed by atoms with E-state index in [-0.39, 0.29) is 23.6 Å². The smallest absolute Gasteiger partial charge is 0.425 e. The van der Waals surface area contributed by atoms with E-state index in [0.717, 1.165) is 6.07 Å². The van der Waals surface area contributed by atoms with Crippen molar-refractivity contribution in [1.82, 2.24) is 4.98 Å². The van der Waals surface area contributed by atoms with E-state index < -0.39 is 42.0 Å². The Morgan fingerprint density at radius 2 is 2.16 bits per heavy atom. The molecule has 1 amide bonds. The minimum Gasteiger partial charge on any atom is -0.479 e. The van der Waals surface area contributed by atoms with Crippen LogP contribution in [-0.2, 0) is 10.3 Å². The van der Waals surface area contributed by atoms with Crippen molar-refractivity contribution >= 4 is 17.6 Å². The fourth-order valence-corrected chi connectivity index (χ4v) is 3.15. The lowest BCUT2D eigenvalue weighted by molar-refractivity contribution is -0.208. The van der Waals surface area contributed by atoms with Crippen LogP contribution in [-0.4, -0.2) is 35.8 Å². The highest BCUT2D eigenvalue weighted by molar-refractivity contribution is 6.02. The molecule has 32 heavy (non-hydrogen) atoms. The third-order valence-electron chi connectivity index (χ3n) is 4.66. The third kappa shape index (κ3) is 5.08. The molecule has 0 saturated carbocycles. The van der Waals surface area contributed by atoms with E-state index in [0.29, 0.717) is 5.75 Å². The summed E-state index contributed by atoms with van der Waals surface area (Å²) in [5.74, 6) is 1.23. The molecule has 7 nitrogen and oxygen atoms in total. The van der Waals surface area contributed by atoms with Gasteiger partial charge in [0.05, 0.1) is 11.7 Å². The van der Waals surface area contributed by atoms with E-state index in [1.807, 2.05) is 0 Å². The molecule has 1 aliphatic rings. The first kappa shape index (κ1) is 22.9. The lowest BCUT2D eigenvalue weighted by atomic mass is 9.85. The summed E-state index contributed by atoms with van der Waals surface area (Å²) in [6, 6.07) is 5.67. The number of amidine groups is 1. The first-order valence-corrected chi connectivity index (χ1v) is 9.24. The number of amides is 1. The molecule has 3 N–H and O–H groups in total. The summed E-state index contributed by atoms with van der Waals surface area (Å²) in [4.78, 5) is 20.3. The average Bonchev–Trinajstić information content (AvgIpc) is 2.72. The molecule has 0 unspecified atom stereocenters. The topological polar surface area (TPSA) is 98.8 Å². The van der Waals surface area contributed by atoms with Crippen LogP contribution in [0.15, 0.2) is 41.5 Å². The van der Waals surface area contributed by atoms with Crippen molar-refractivity contribution in [2.24, 2.45) is 10.7 Å². The fourth-order valence-electron chi connectivity index (χ4n) is 3.15. The second kappa shape index (κ2) is 8.74. The molecule has 1 aliphatic heterocycles. The highest BCUT2D eigenvalue weighted by atomic mass is 19.4. The number of carbonyl (C=O) groups is 1. The summed E-state index contributed by atoms with van der Waals surface area (Å²) in [7, 11) is 0. The molecule has 1 aromatic heterocycles. The Bertz CT molecular complexity index is 1080. The highest BCUT2D eigenvalue weighted by Gasteiger charge is 2.50. The van der Waals surface area contributed by atoms with Crippen LogP contribution < -0.4 is 15.8 Å². The minimum absolute atomic E-state index is 0.0283. The number of nitrogens with zero attached hydrogens (tertiary/aromatic N) is 2. The van der Waals surface area contributed by atoms with Crippen molar-refractivity contribution in [3.05, 3.63) is 53.6 Å². The van der Waals surface area contributed by atoms with Gasteiger partial charge in [-0.2, -0.15) is 13.2 Å². The first-order chi connectivity index (χ1) is 15.0. The van der Waals surface area contributed by atoms with Gasteiger partial charge in [-0.25, -0.2) is 14.4 Å². The van der Waals surface area contributed by atoms with Gasteiger partial charge in [-0.05, 0) is 37.3 Å². The number of nitrogens with one attached hydrogen (secondary N) is 1. The summed E-state index contributed by atoms with van der Waals surface area (Å²) < 4.78 is 63.9. The van der Waals surface area contributed by atoms with Gasteiger partial charge in [0.25, 0.3) is 11.9 Å². The Labute approximate surface area is 180 Å². The maximum Gasteiger partial charge on any atom is 0.425 e. The number of alkyl halides is 3. The van der Waals surface area contributed by atoms with Crippen LogP contribution in [0.1, 0.15) is 29.4 Å². The van der Waals surface area contributed by atoms with Gasteiger partial charge in [-0.15, -0.1) is 6.42 Å². The molecule has 0 aliphatic carbocycles. The Kier molecular flexibility index (Phi) is 6.25. The SMILES string of the molecule is C#CCOc1ccc(C(=O)Nc2ccc(F)c([C@@]3(C)C[C@@H](C(F)(F)F)OC(N)=N3)c2)nc1. The van der Waals surface area contributed by atoms with Crippen LogP contribution >= 0.6 is 0 Å². The molecule has 11 heteroatoms. The van der Waals surface area contributed by atoms with Gasteiger partial charge < -0.3 is 20.5 Å². The van der Waals surface area contributed by atoms with Gasteiger partial charge in [0, 0.05) is 17.7 Å². The number of aromatic nitrogens is 1. The molecule has 0 saturated heterocycles. The largest absolute Gasteiger partial charge is 0.479 e. The van der Waals surface area contributed by atoms with Crippen LogP contribution in [0.5, 0.6) is 5.75 Å². The number of anilines is 1. The molecular weight excluding hydrogens is 432 g/mol. The summed E-state index contributed by atoms with van der Waals surface area (Å²) in [6.07, 6.45) is -1.25. The lowest BCUT2D eigenvalue weighted by Crippen LogP contribution is -2.46. The Hall–Kier alpha value is -3.81. The summed E-state index contributed by atoms with van der Waals surface area (Å²) in [5.41, 5.74) is 3.74. The maximum absolute atomic E-state index is 14.6. The number of hydrogen-bond acceptors (Lipinski definition) is 6. The molecule has 0 radical (unpaired) electrons. The molecule has 2 atom stereocenters. The normalized spacial score (nSPS) is 20.5. The number of nitrogens with two attached hydrogens (primary N) is 1. The molecule has 1 aromatic carbocycles. The van der Waals surface area contributed by atoms with Crippen LogP contribution in [0.2, 0.25) is 0 Å². The minimum atomic E-state index is -4.72. The van der Waals surface area contributed by atoms with E-state index in [2.05, 4.69) is 26.0 Å². The molecule has 0 bridgehead atoms. The van der Waals surface area contributed by atoms with Crippen molar-refractivity contribution in [3.63, 3.8) is 0 Å². The second-order valence-electron chi connectivity index (χ2n) is 7.10. The standard InChI is InChI=1S/C21H18F4N4O3/c1-3-8-31-13-5-7-16(27-11-13)18(30)28-12-4-6-15(22)14(9-12)20(2)10-17(21(23,24)25)32-19(26)29-20/h1,4-7,9,11,17H,8,10H2,2H3,(H2,26,29)(H,28,30)/t17-,20+/m0/s1. The lowest BCUT2D eigenvalue weighted by Gasteiger charge is -2.36. The highest BCUT2D eigenvalue weighted by Crippen LogP contribution is 2.41. The van der Waals surface area contributed by atoms with E-state index in [1.54, 1.807) is 0 Å². The number of aliphatic imine (C=N–C) groups is 1. The quantitative estimate of drug-likeness (QED) is 0.538. The van der Waals surface area contributed by atoms with E-state index >= 15 is 0 Å². The number of carbonyl (C=O) groups excluding carboxylic acids is 1. The summed E-state index contributed by atoms with van der Waals surface area (Å²) in [5, 5.41) is 2.52. The zero-order valence-electron chi connectivity index (χ0n) is 16.7. The van der Waals surface area contributed by atoms with Gasteiger partial charge in [0.15, 0.2) is 6.10 Å². The van der Waals surface area contributed by atoms with Gasteiger partial charge in [0.2, 0.25) is 0 Å². The van der Waals surface area contributed by atoms with Crippen molar-refractivity contribution in [1.29, 1.82) is 0 Å². The van der Waals surface area contributed by atoms with Gasteiger partial charge in [-0.1, -0.05) is 5.92 Å². The van der Waals surface area contributed by atoms with Crippen LogP contribution in [0.25, 0.3) is 0 Å². The summed E-state index contributed by atoms with van der Waals surface area (Å²) in [6.45, 7) is 1.35. The number of terminal acetylenes is 1. The van der Waals surface area contributed by atoms with Crippen molar-refractivity contribution in [3.8, 4) is 18.1 Å².